The number of rotatable bonds is 7. The molecule has 28 heavy (non-hydrogen) atoms. The topological polar surface area (TPSA) is 56.8 Å². The lowest BCUT2D eigenvalue weighted by molar-refractivity contribution is 0.0341. The number of likely N-dealkylation sites (tertiary alicyclic amines) is 1. The van der Waals surface area contributed by atoms with E-state index in [0.717, 1.165) is 45.9 Å². The normalized spacial score (nSPS) is 21.6. The number of nitrogens with zero attached hydrogens (tertiary/aromatic N) is 2. The highest BCUT2D eigenvalue weighted by molar-refractivity contribution is 5.73. The van der Waals surface area contributed by atoms with Crippen LogP contribution in [0.4, 0.5) is 4.79 Å². The molecule has 2 heterocycles. The van der Waals surface area contributed by atoms with Gasteiger partial charge in [0.05, 0.1) is 13.2 Å². The Hall–Kier alpha value is -1.63. The molecule has 1 aromatic rings. The molecule has 0 radical (unpaired) electrons. The zero-order valence-corrected chi connectivity index (χ0v) is 17.5. The Kier molecular flexibility index (Phi) is 8.13. The van der Waals surface area contributed by atoms with Crippen LogP contribution in [0.25, 0.3) is 0 Å². The molecule has 1 aromatic carbocycles. The molecule has 2 amide bonds. The predicted molar refractivity (Wildman–Crippen MR) is 112 cm³/mol. The Balaban J connectivity index is 1.43. The maximum absolute atomic E-state index is 12.3. The standard InChI is InChI=1S/C22H36N4O2/c1-18(2)26-9-5-6-19(16-26)14-23-22(27)24-15-20-7-3-4-8-21(20)17-25-10-12-28-13-11-25/h3-4,7-8,18-19H,5-6,9-17H2,1-2H3,(H2,23,24,27). The summed E-state index contributed by atoms with van der Waals surface area (Å²) in [5.41, 5.74) is 2.47. The van der Waals surface area contributed by atoms with Crippen LogP contribution < -0.4 is 10.6 Å². The number of nitrogens with one attached hydrogen (secondary N) is 2. The van der Waals surface area contributed by atoms with Crippen LogP contribution in [0.15, 0.2) is 24.3 Å². The molecule has 0 bridgehead atoms. The third-order valence-corrected chi connectivity index (χ3v) is 5.89. The molecular formula is C22H36N4O2. The van der Waals surface area contributed by atoms with Crippen LogP contribution in [0, 0.1) is 5.92 Å². The van der Waals surface area contributed by atoms with Crippen LogP contribution in [0.3, 0.4) is 0 Å². The van der Waals surface area contributed by atoms with E-state index in [1.54, 1.807) is 0 Å². The van der Waals surface area contributed by atoms with Gasteiger partial charge >= 0.3 is 6.03 Å². The number of carbonyl (C=O) groups is 1. The van der Waals surface area contributed by atoms with Crippen molar-refractivity contribution in [2.24, 2.45) is 5.92 Å². The van der Waals surface area contributed by atoms with Gasteiger partial charge in [0.1, 0.15) is 0 Å². The highest BCUT2D eigenvalue weighted by Gasteiger charge is 2.22. The molecule has 6 nitrogen and oxygen atoms in total. The van der Waals surface area contributed by atoms with Gasteiger partial charge in [0, 0.05) is 45.3 Å². The number of urea groups is 1. The minimum atomic E-state index is -0.0668. The maximum Gasteiger partial charge on any atom is 0.315 e. The lowest BCUT2D eigenvalue weighted by atomic mass is 9.97. The Labute approximate surface area is 169 Å². The Morgan fingerprint density at radius 1 is 1.14 bits per heavy atom. The first-order chi connectivity index (χ1) is 13.6. The summed E-state index contributed by atoms with van der Waals surface area (Å²) in [5.74, 6) is 0.551. The molecule has 2 aliphatic heterocycles. The second-order valence-corrected chi connectivity index (χ2v) is 8.32. The summed E-state index contributed by atoms with van der Waals surface area (Å²) < 4.78 is 5.43. The van der Waals surface area contributed by atoms with E-state index in [1.165, 1.54) is 30.5 Å². The lowest BCUT2D eigenvalue weighted by Crippen LogP contribution is -2.45. The minimum Gasteiger partial charge on any atom is -0.379 e. The van der Waals surface area contributed by atoms with Crippen molar-refractivity contribution in [1.82, 2.24) is 20.4 Å². The summed E-state index contributed by atoms with van der Waals surface area (Å²) >= 11 is 0. The highest BCUT2D eigenvalue weighted by Crippen LogP contribution is 2.17. The second kappa shape index (κ2) is 10.8. The average Bonchev–Trinajstić information content (AvgIpc) is 2.72. The van der Waals surface area contributed by atoms with Gasteiger partial charge < -0.3 is 20.3 Å². The monoisotopic (exact) mass is 388 g/mol. The summed E-state index contributed by atoms with van der Waals surface area (Å²) in [6.07, 6.45) is 2.42. The molecule has 2 aliphatic rings. The van der Waals surface area contributed by atoms with Crippen molar-refractivity contribution in [3.05, 3.63) is 35.4 Å². The number of hydrogen-bond acceptors (Lipinski definition) is 4. The van der Waals surface area contributed by atoms with Crippen LogP contribution >= 0.6 is 0 Å². The van der Waals surface area contributed by atoms with Crippen molar-refractivity contribution in [3.63, 3.8) is 0 Å². The first-order valence-corrected chi connectivity index (χ1v) is 10.7. The molecule has 0 saturated carbocycles. The van der Waals surface area contributed by atoms with Crippen molar-refractivity contribution in [2.45, 2.75) is 45.8 Å². The molecule has 2 saturated heterocycles. The van der Waals surface area contributed by atoms with E-state index < -0.39 is 0 Å². The van der Waals surface area contributed by atoms with E-state index in [9.17, 15) is 4.79 Å². The van der Waals surface area contributed by atoms with Gasteiger partial charge in [0.15, 0.2) is 0 Å². The van der Waals surface area contributed by atoms with E-state index in [4.69, 9.17) is 4.74 Å². The summed E-state index contributed by atoms with van der Waals surface area (Å²) in [5, 5.41) is 6.12. The third-order valence-electron chi connectivity index (χ3n) is 5.89. The Morgan fingerprint density at radius 3 is 2.64 bits per heavy atom. The van der Waals surface area contributed by atoms with Crippen molar-refractivity contribution in [1.29, 1.82) is 0 Å². The molecule has 3 rings (SSSR count). The lowest BCUT2D eigenvalue weighted by Gasteiger charge is -2.35. The fourth-order valence-corrected chi connectivity index (χ4v) is 4.09. The Bertz CT molecular complexity index is 616. The molecular weight excluding hydrogens is 352 g/mol. The zero-order chi connectivity index (χ0) is 19.8. The number of ether oxygens (including phenoxy) is 1. The van der Waals surface area contributed by atoms with Crippen molar-refractivity contribution in [3.8, 4) is 0 Å². The molecule has 6 heteroatoms. The van der Waals surface area contributed by atoms with Gasteiger partial charge in [-0.2, -0.15) is 0 Å². The molecule has 0 aromatic heterocycles. The highest BCUT2D eigenvalue weighted by atomic mass is 16.5. The molecule has 0 spiro atoms. The fourth-order valence-electron chi connectivity index (χ4n) is 4.09. The zero-order valence-electron chi connectivity index (χ0n) is 17.5. The average molecular weight is 389 g/mol. The number of piperidine rings is 1. The van der Waals surface area contributed by atoms with Gasteiger partial charge in [-0.15, -0.1) is 0 Å². The van der Waals surface area contributed by atoms with Gasteiger partial charge in [-0.3, -0.25) is 4.90 Å². The quantitative estimate of drug-likeness (QED) is 0.753. The largest absolute Gasteiger partial charge is 0.379 e. The molecule has 1 unspecified atom stereocenters. The van der Waals surface area contributed by atoms with Gasteiger partial charge in [-0.25, -0.2) is 4.79 Å². The van der Waals surface area contributed by atoms with Crippen LogP contribution in [0.5, 0.6) is 0 Å². The third kappa shape index (κ3) is 6.47. The smallest absolute Gasteiger partial charge is 0.315 e. The minimum absolute atomic E-state index is 0.0668. The summed E-state index contributed by atoms with van der Waals surface area (Å²) in [6, 6.07) is 8.90. The predicted octanol–water partition coefficient (Wildman–Crippen LogP) is 2.44. The van der Waals surface area contributed by atoms with Gasteiger partial charge in [0.25, 0.3) is 0 Å². The van der Waals surface area contributed by atoms with Gasteiger partial charge in [-0.1, -0.05) is 24.3 Å². The summed E-state index contributed by atoms with van der Waals surface area (Å²) in [4.78, 5) is 17.2. The van der Waals surface area contributed by atoms with E-state index >= 15 is 0 Å². The van der Waals surface area contributed by atoms with Crippen molar-refractivity contribution >= 4 is 6.03 Å². The van der Waals surface area contributed by atoms with E-state index in [1.807, 2.05) is 6.07 Å². The van der Waals surface area contributed by atoms with Gasteiger partial charge in [-0.05, 0) is 50.3 Å². The maximum atomic E-state index is 12.3. The van der Waals surface area contributed by atoms with Crippen molar-refractivity contribution < 1.29 is 9.53 Å². The van der Waals surface area contributed by atoms with E-state index in [-0.39, 0.29) is 6.03 Å². The molecule has 1 atom stereocenters. The van der Waals surface area contributed by atoms with E-state index in [0.29, 0.717) is 18.5 Å². The van der Waals surface area contributed by atoms with Crippen LogP contribution in [0.1, 0.15) is 37.8 Å². The fraction of sp³-hybridized carbons (Fsp3) is 0.682. The summed E-state index contributed by atoms with van der Waals surface area (Å²) in [6.45, 7) is 12.5. The molecule has 156 valence electrons. The molecule has 2 fully saturated rings. The second-order valence-electron chi connectivity index (χ2n) is 8.32. The molecule has 2 N–H and O–H groups in total. The SMILES string of the molecule is CC(C)N1CCCC(CNC(=O)NCc2ccccc2CN2CCOCC2)C1. The van der Waals surface area contributed by atoms with Gasteiger partial charge in [0.2, 0.25) is 0 Å². The Morgan fingerprint density at radius 2 is 1.89 bits per heavy atom. The van der Waals surface area contributed by atoms with Crippen LogP contribution in [-0.2, 0) is 17.8 Å². The summed E-state index contributed by atoms with van der Waals surface area (Å²) in [7, 11) is 0. The number of hydrogen-bond donors (Lipinski definition) is 2. The molecule has 0 aliphatic carbocycles. The number of morpholine rings is 1. The van der Waals surface area contributed by atoms with Crippen LogP contribution in [0.2, 0.25) is 0 Å². The van der Waals surface area contributed by atoms with E-state index in [2.05, 4.69) is 52.5 Å². The van der Waals surface area contributed by atoms with Crippen LogP contribution in [-0.4, -0.2) is 67.8 Å². The first-order valence-electron chi connectivity index (χ1n) is 10.7. The number of carbonyl (C=O) groups excluding carboxylic acids is 1. The number of benzene rings is 1. The van der Waals surface area contributed by atoms with Crippen molar-refractivity contribution in [2.75, 3.05) is 45.9 Å². The first kappa shape index (κ1) is 21.1. The number of amides is 2.